The fourth-order valence-electron chi connectivity index (χ4n) is 2.62. The maximum absolute atomic E-state index is 14.3. The summed E-state index contributed by atoms with van der Waals surface area (Å²) in [6.45, 7) is 0. The Balaban J connectivity index is 1.85. The second kappa shape index (κ2) is 7.90. The molecule has 0 saturated heterocycles. The molecule has 0 aliphatic carbocycles. The Labute approximate surface area is 161 Å². The van der Waals surface area contributed by atoms with Gasteiger partial charge in [0.1, 0.15) is 22.8 Å². The third kappa shape index (κ3) is 4.61. The quantitative estimate of drug-likeness (QED) is 0.272. The molecule has 0 bridgehead atoms. The third-order valence-electron chi connectivity index (χ3n) is 3.77. The average Bonchev–Trinajstić information content (AvgIpc) is 2.61. The largest absolute Gasteiger partial charge is 0.573 e. The molecule has 0 unspecified atom stereocenters. The highest BCUT2D eigenvalue weighted by atomic mass is 32.2. The van der Waals surface area contributed by atoms with Gasteiger partial charge in [0.25, 0.3) is 0 Å². The molecule has 0 aliphatic rings. The lowest BCUT2D eigenvalue weighted by atomic mass is 9.99. The molecular formula is C20H10F5NOS. The molecule has 0 amide bonds. The van der Waals surface area contributed by atoms with Crippen molar-refractivity contribution in [3.63, 3.8) is 0 Å². The number of thioether (sulfide) groups is 1. The van der Waals surface area contributed by atoms with E-state index in [1.165, 1.54) is 36.4 Å². The van der Waals surface area contributed by atoms with Gasteiger partial charge in [-0.25, -0.2) is 8.78 Å². The molecule has 28 heavy (non-hydrogen) atoms. The van der Waals surface area contributed by atoms with Crippen molar-refractivity contribution in [3.05, 3.63) is 72.3 Å². The van der Waals surface area contributed by atoms with Gasteiger partial charge >= 0.3 is 6.36 Å². The van der Waals surface area contributed by atoms with Crippen molar-refractivity contribution < 1.29 is 26.7 Å². The van der Waals surface area contributed by atoms with Crippen LogP contribution in [0.15, 0.2) is 65.6 Å². The molecule has 0 N–H and O–H groups in total. The van der Waals surface area contributed by atoms with E-state index < -0.39 is 18.0 Å². The Hall–Kier alpha value is -3.05. The molecular weight excluding hydrogens is 397 g/mol. The summed E-state index contributed by atoms with van der Waals surface area (Å²) in [5.41, 5.74) is 1.34. The minimum absolute atomic E-state index is 0.166. The van der Waals surface area contributed by atoms with Gasteiger partial charge in [-0.3, -0.25) is 0 Å². The summed E-state index contributed by atoms with van der Waals surface area (Å²) in [5, 5.41) is 10.4. The SMILES string of the molecule is N#CSc1cc(F)c(-c2ccc(-c3ccc(OC(F)(F)F)cc3)cc2)c(F)c1. The molecule has 0 heterocycles. The fourth-order valence-corrected chi connectivity index (χ4v) is 3.05. The van der Waals surface area contributed by atoms with E-state index in [1.54, 1.807) is 17.5 Å². The summed E-state index contributed by atoms with van der Waals surface area (Å²) < 4.78 is 68.9. The van der Waals surface area contributed by atoms with Gasteiger partial charge in [0.2, 0.25) is 0 Å². The molecule has 0 aliphatic heterocycles. The van der Waals surface area contributed by atoms with E-state index in [-0.39, 0.29) is 16.2 Å². The molecule has 3 aromatic carbocycles. The van der Waals surface area contributed by atoms with Crippen molar-refractivity contribution in [1.82, 2.24) is 0 Å². The summed E-state index contributed by atoms with van der Waals surface area (Å²) in [7, 11) is 0. The molecule has 142 valence electrons. The fraction of sp³-hybridized carbons (Fsp3) is 0.0500. The first-order valence-corrected chi connectivity index (χ1v) is 8.60. The zero-order valence-corrected chi connectivity index (χ0v) is 14.7. The van der Waals surface area contributed by atoms with Crippen molar-refractivity contribution in [2.24, 2.45) is 0 Å². The lowest BCUT2D eigenvalue weighted by Crippen LogP contribution is -2.16. The number of hydrogen-bond donors (Lipinski definition) is 0. The van der Waals surface area contributed by atoms with Crippen molar-refractivity contribution in [3.8, 4) is 33.4 Å². The van der Waals surface area contributed by atoms with Crippen molar-refractivity contribution in [1.29, 1.82) is 5.26 Å². The van der Waals surface area contributed by atoms with Crippen LogP contribution in [0.2, 0.25) is 0 Å². The van der Waals surface area contributed by atoms with E-state index in [2.05, 4.69) is 4.74 Å². The lowest BCUT2D eigenvalue weighted by molar-refractivity contribution is -0.274. The van der Waals surface area contributed by atoms with Gasteiger partial charge in [-0.05, 0) is 52.7 Å². The summed E-state index contributed by atoms with van der Waals surface area (Å²) in [5.74, 6) is -1.93. The van der Waals surface area contributed by atoms with Gasteiger partial charge < -0.3 is 4.74 Å². The molecule has 2 nitrogen and oxygen atoms in total. The summed E-state index contributed by atoms with van der Waals surface area (Å²) in [4.78, 5) is 0.166. The number of alkyl halides is 3. The van der Waals surface area contributed by atoms with Gasteiger partial charge in [0.15, 0.2) is 0 Å². The van der Waals surface area contributed by atoms with Crippen LogP contribution in [0.4, 0.5) is 22.0 Å². The van der Waals surface area contributed by atoms with Gasteiger partial charge in [0, 0.05) is 4.90 Å². The average molecular weight is 407 g/mol. The van der Waals surface area contributed by atoms with E-state index in [0.717, 1.165) is 12.1 Å². The number of thiocyanates is 1. The van der Waals surface area contributed by atoms with Crippen LogP contribution in [-0.2, 0) is 0 Å². The molecule has 0 atom stereocenters. The smallest absolute Gasteiger partial charge is 0.406 e. The van der Waals surface area contributed by atoms with Crippen LogP contribution in [0.5, 0.6) is 5.75 Å². The number of benzene rings is 3. The van der Waals surface area contributed by atoms with Crippen LogP contribution in [0.1, 0.15) is 0 Å². The number of nitrogens with zero attached hydrogens (tertiary/aromatic N) is 1. The van der Waals surface area contributed by atoms with Crippen LogP contribution in [0.25, 0.3) is 22.3 Å². The molecule has 0 aromatic heterocycles. The first-order chi connectivity index (χ1) is 13.3. The van der Waals surface area contributed by atoms with Crippen molar-refractivity contribution in [2.45, 2.75) is 11.3 Å². The number of rotatable bonds is 4. The van der Waals surface area contributed by atoms with Gasteiger partial charge in [-0.2, -0.15) is 5.26 Å². The van der Waals surface area contributed by atoms with Gasteiger partial charge in [-0.15, -0.1) is 13.2 Å². The van der Waals surface area contributed by atoms with Crippen LogP contribution < -0.4 is 4.74 Å². The predicted molar refractivity (Wildman–Crippen MR) is 95.4 cm³/mol. The highest BCUT2D eigenvalue weighted by molar-refractivity contribution is 8.03. The third-order valence-corrected chi connectivity index (χ3v) is 4.34. The van der Waals surface area contributed by atoms with Crippen LogP contribution in [0, 0.1) is 22.3 Å². The molecule has 3 rings (SSSR count). The molecule has 0 spiro atoms. The Bertz CT molecular complexity index is 1000. The summed E-state index contributed by atoms with van der Waals surface area (Å²) >= 11 is 0.657. The zero-order chi connectivity index (χ0) is 20.3. The minimum atomic E-state index is -4.77. The second-order valence-corrected chi connectivity index (χ2v) is 6.46. The maximum atomic E-state index is 14.3. The zero-order valence-electron chi connectivity index (χ0n) is 13.9. The Morgan fingerprint density at radius 2 is 1.25 bits per heavy atom. The number of ether oxygens (including phenoxy) is 1. The first-order valence-electron chi connectivity index (χ1n) is 7.78. The monoisotopic (exact) mass is 407 g/mol. The minimum Gasteiger partial charge on any atom is -0.406 e. The van der Waals surface area contributed by atoms with Crippen LogP contribution in [-0.4, -0.2) is 6.36 Å². The highest BCUT2D eigenvalue weighted by Gasteiger charge is 2.30. The van der Waals surface area contributed by atoms with Gasteiger partial charge in [0.05, 0.1) is 5.56 Å². The van der Waals surface area contributed by atoms with Crippen LogP contribution in [0.3, 0.4) is 0 Å². The highest BCUT2D eigenvalue weighted by Crippen LogP contribution is 2.32. The molecule has 0 fully saturated rings. The van der Waals surface area contributed by atoms with E-state index in [0.29, 0.717) is 28.5 Å². The normalized spacial score (nSPS) is 11.1. The Morgan fingerprint density at radius 3 is 1.71 bits per heavy atom. The molecule has 8 heteroatoms. The topological polar surface area (TPSA) is 33.0 Å². The summed E-state index contributed by atoms with van der Waals surface area (Å²) in [6, 6.07) is 13.7. The van der Waals surface area contributed by atoms with Crippen LogP contribution >= 0.6 is 11.8 Å². The first kappa shape index (κ1) is 19.7. The number of hydrogen-bond acceptors (Lipinski definition) is 3. The molecule has 3 aromatic rings. The second-order valence-electron chi connectivity index (χ2n) is 5.60. The standard InChI is InChI=1S/C20H10F5NOS/c21-17-9-16(28-11-26)10-18(22)19(17)14-3-1-12(2-4-14)13-5-7-15(8-6-13)27-20(23,24)25/h1-10H. The van der Waals surface area contributed by atoms with E-state index in [1.807, 2.05) is 0 Å². The molecule has 0 radical (unpaired) electrons. The van der Waals surface area contributed by atoms with E-state index in [4.69, 9.17) is 5.26 Å². The van der Waals surface area contributed by atoms with Gasteiger partial charge in [-0.1, -0.05) is 36.4 Å². The van der Waals surface area contributed by atoms with E-state index >= 15 is 0 Å². The predicted octanol–water partition coefficient (Wildman–Crippen LogP) is 6.77. The van der Waals surface area contributed by atoms with E-state index in [9.17, 15) is 22.0 Å². The van der Waals surface area contributed by atoms with Crippen molar-refractivity contribution >= 4 is 11.8 Å². The maximum Gasteiger partial charge on any atom is 0.573 e. The number of nitriles is 1. The van der Waals surface area contributed by atoms with Crippen molar-refractivity contribution in [2.75, 3.05) is 0 Å². The summed E-state index contributed by atoms with van der Waals surface area (Å²) in [6.07, 6.45) is -4.77. The lowest BCUT2D eigenvalue weighted by Gasteiger charge is -2.10. The Morgan fingerprint density at radius 1 is 0.786 bits per heavy atom. The number of halogens is 5. The Kier molecular flexibility index (Phi) is 5.56. The molecule has 0 saturated carbocycles.